The maximum atomic E-state index is 12.9. The minimum absolute atomic E-state index is 0.0181. The molecule has 0 heterocycles. The molecule has 0 amide bonds. The van der Waals surface area contributed by atoms with Crippen molar-refractivity contribution in [2.45, 2.75) is 302 Å². The summed E-state index contributed by atoms with van der Waals surface area (Å²) in [6.07, 6.45) is 94.6. The van der Waals surface area contributed by atoms with Crippen LogP contribution < -0.4 is 0 Å². The van der Waals surface area contributed by atoms with Crippen molar-refractivity contribution >= 4 is 19.8 Å². The number of likely N-dealkylation sites (N-methyl/N-ethyl adjacent to an activating group) is 1. The molecule has 0 saturated heterocycles. The second kappa shape index (κ2) is 65.8. The predicted molar refractivity (Wildman–Crippen MR) is 371 cm³/mol. The van der Waals surface area contributed by atoms with Gasteiger partial charge in [-0.15, -0.1) is 0 Å². The number of allylic oxidation sites excluding steroid dienone is 20. The molecule has 0 aromatic carbocycles. The van der Waals surface area contributed by atoms with Gasteiger partial charge >= 0.3 is 19.8 Å². The number of phosphoric acid groups is 1. The molecule has 2 unspecified atom stereocenters. The SMILES string of the molecule is CC/C=C\C/C=C\C/C=C\C/C=C\C/C=C\C/C=C\C/C=C\C/C=C\C/C=C\C/C=C\CCCCC(=O)OC(COC(=O)CCCCCCCCCCCCCCCCCCCCCCCCCCCCCCC)COP(=O)(O)OCC[N+](C)(C)C. The number of phosphoric ester groups is 1. The Kier molecular flexibility index (Phi) is 63.1. The van der Waals surface area contributed by atoms with E-state index in [9.17, 15) is 19.0 Å². The van der Waals surface area contributed by atoms with E-state index in [0.29, 0.717) is 17.4 Å². The third-order valence-electron chi connectivity index (χ3n) is 15.0. The van der Waals surface area contributed by atoms with E-state index in [1.807, 2.05) is 21.1 Å². The Balaban J connectivity index is 4.16. The number of ether oxygens (including phenoxy) is 2. The van der Waals surface area contributed by atoms with Gasteiger partial charge in [-0.1, -0.05) is 315 Å². The van der Waals surface area contributed by atoms with E-state index in [-0.39, 0.29) is 32.0 Å². The lowest BCUT2D eigenvalue weighted by Gasteiger charge is -2.24. The van der Waals surface area contributed by atoms with Crippen LogP contribution in [0.15, 0.2) is 122 Å². The van der Waals surface area contributed by atoms with Crippen molar-refractivity contribution in [1.29, 1.82) is 0 Å². The van der Waals surface area contributed by atoms with Crippen LogP contribution in [0.3, 0.4) is 0 Å². The van der Waals surface area contributed by atoms with Crippen LogP contribution in [0.4, 0.5) is 0 Å². The number of rotatable bonds is 64. The molecule has 1 N–H and O–H groups in total. The van der Waals surface area contributed by atoms with Crippen molar-refractivity contribution in [3.05, 3.63) is 122 Å². The smallest absolute Gasteiger partial charge is 0.462 e. The highest BCUT2D eigenvalue weighted by Gasteiger charge is 2.27. The Morgan fingerprint density at radius 1 is 0.372 bits per heavy atom. The monoisotopic (exact) mass is 1220 g/mol. The van der Waals surface area contributed by atoms with Crippen LogP contribution >= 0.6 is 7.82 Å². The minimum Gasteiger partial charge on any atom is -0.462 e. The van der Waals surface area contributed by atoms with Crippen LogP contribution in [-0.2, 0) is 32.7 Å². The van der Waals surface area contributed by atoms with Crippen LogP contribution in [0.5, 0.6) is 0 Å². The second-order valence-electron chi connectivity index (χ2n) is 24.5. The lowest BCUT2D eigenvalue weighted by Crippen LogP contribution is -2.37. The fourth-order valence-corrected chi connectivity index (χ4v) is 10.4. The molecule has 0 aromatic heterocycles. The van der Waals surface area contributed by atoms with Crippen LogP contribution in [0.1, 0.15) is 296 Å². The maximum absolute atomic E-state index is 12.9. The number of hydrogen-bond acceptors (Lipinski definition) is 7. The van der Waals surface area contributed by atoms with E-state index in [1.54, 1.807) is 0 Å². The Morgan fingerprint density at radius 2 is 0.663 bits per heavy atom. The average molecular weight is 1220 g/mol. The van der Waals surface area contributed by atoms with E-state index < -0.39 is 26.5 Å². The summed E-state index contributed by atoms with van der Waals surface area (Å²) in [5.41, 5.74) is 0. The van der Waals surface area contributed by atoms with Gasteiger partial charge in [-0.3, -0.25) is 18.6 Å². The minimum atomic E-state index is -4.41. The number of nitrogens with zero attached hydrogens (tertiary/aromatic N) is 1. The van der Waals surface area contributed by atoms with Crippen LogP contribution in [0.2, 0.25) is 0 Å². The first-order valence-electron chi connectivity index (χ1n) is 35.3. The van der Waals surface area contributed by atoms with Gasteiger partial charge in [0.25, 0.3) is 0 Å². The van der Waals surface area contributed by atoms with E-state index in [1.165, 1.54) is 167 Å². The summed E-state index contributed by atoms with van der Waals surface area (Å²) in [4.78, 5) is 35.8. The fraction of sp³-hybridized carbons (Fsp3) is 0.711. The van der Waals surface area contributed by atoms with E-state index in [0.717, 1.165) is 96.3 Å². The molecule has 9 nitrogen and oxygen atoms in total. The molecule has 0 aliphatic rings. The summed E-state index contributed by atoms with van der Waals surface area (Å²) in [7, 11) is 1.44. The summed E-state index contributed by atoms with van der Waals surface area (Å²) in [5.74, 6) is -0.846. The zero-order valence-electron chi connectivity index (χ0n) is 56.3. The van der Waals surface area contributed by atoms with Gasteiger partial charge < -0.3 is 18.9 Å². The number of carbonyl (C=O) groups excluding carboxylic acids is 2. The lowest BCUT2D eigenvalue weighted by atomic mass is 10.0. The number of unbranched alkanes of at least 4 members (excludes halogenated alkanes) is 30. The summed E-state index contributed by atoms with van der Waals surface area (Å²) in [6, 6.07) is 0. The molecule has 0 radical (unpaired) electrons. The van der Waals surface area contributed by atoms with Crippen molar-refractivity contribution in [1.82, 2.24) is 0 Å². The topological polar surface area (TPSA) is 108 Å². The average Bonchev–Trinajstić information content (AvgIpc) is 3.70. The van der Waals surface area contributed by atoms with Crippen molar-refractivity contribution in [2.75, 3.05) is 47.5 Å². The molecule has 0 fully saturated rings. The molecule has 0 spiro atoms. The van der Waals surface area contributed by atoms with Gasteiger partial charge in [0.05, 0.1) is 27.7 Å². The van der Waals surface area contributed by atoms with Crippen molar-refractivity contribution < 1.29 is 42.1 Å². The zero-order chi connectivity index (χ0) is 62.6. The molecule has 0 rings (SSSR count). The summed E-state index contributed by atoms with van der Waals surface area (Å²) in [5, 5.41) is 0. The highest BCUT2D eigenvalue weighted by Crippen LogP contribution is 2.43. The highest BCUT2D eigenvalue weighted by atomic mass is 31.2. The first kappa shape index (κ1) is 82.4. The number of hydrogen-bond donors (Lipinski definition) is 1. The molecule has 0 aliphatic heterocycles. The fourth-order valence-electron chi connectivity index (χ4n) is 9.63. The summed E-state index contributed by atoms with van der Waals surface area (Å²) in [6.45, 7) is 4.29. The molecule has 2 atom stereocenters. The number of carbonyl (C=O) groups is 2. The van der Waals surface area contributed by atoms with Gasteiger partial charge in [0.1, 0.15) is 19.8 Å². The van der Waals surface area contributed by atoms with E-state index in [4.69, 9.17) is 18.5 Å². The quantitative estimate of drug-likeness (QED) is 0.0211. The number of quaternary nitrogens is 1. The Hall–Kier alpha value is -3.59. The zero-order valence-corrected chi connectivity index (χ0v) is 57.2. The van der Waals surface area contributed by atoms with Gasteiger partial charge in [0, 0.05) is 12.8 Å². The largest absolute Gasteiger partial charge is 0.472 e. The van der Waals surface area contributed by atoms with Gasteiger partial charge in [-0.2, -0.15) is 0 Å². The standard InChI is InChI=1S/C76H132NO8P/c1-6-8-10-12-14-16-18-20-22-24-26-28-30-32-34-36-37-38-39-41-43-45-47-49-51-53-55-57-59-61-63-65-67-69-76(79)85-74(73-84-86(80,81)83-71-70-77(3,4)5)72-82-75(78)68-66-64-62-60-58-56-54-52-50-48-46-44-42-40-35-33-31-29-27-25-23-21-19-17-15-13-11-9-7-2/h8,10,14,16,20,22,26,28,32,34,37-38,41,43,47,49,53,55,59,61,74H,6-7,9,11-13,15,17-19,21,23-25,27,29-31,33,35-36,39-40,42,44-46,48,50-52,54,56-58,60,62-73H2,1-5H3/p+1/b10-8-,16-14-,22-20-,28-26-,34-32-,38-37-,43-41-,49-47-,55-53-,61-59-. The Labute approximate surface area is 530 Å². The normalized spacial score (nSPS) is 13.9. The predicted octanol–water partition coefficient (Wildman–Crippen LogP) is 23.0. The molecule has 0 aliphatic carbocycles. The molecule has 0 bridgehead atoms. The molecule has 0 saturated carbocycles. The van der Waals surface area contributed by atoms with Gasteiger partial charge in [0.2, 0.25) is 0 Å². The lowest BCUT2D eigenvalue weighted by molar-refractivity contribution is -0.870. The number of esters is 2. The molecule has 10 heteroatoms. The van der Waals surface area contributed by atoms with Crippen molar-refractivity contribution in [3.8, 4) is 0 Å². The van der Waals surface area contributed by atoms with Gasteiger partial charge in [0.15, 0.2) is 6.10 Å². The molecule has 86 heavy (non-hydrogen) atoms. The molecule has 0 aromatic rings. The second-order valence-corrected chi connectivity index (χ2v) is 26.0. The highest BCUT2D eigenvalue weighted by molar-refractivity contribution is 7.47. The van der Waals surface area contributed by atoms with Crippen molar-refractivity contribution in [2.24, 2.45) is 0 Å². The first-order valence-corrected chi connectivity index (χ1v) is 36.8. The third kappa shape index (κ3) is 69.5. The van der Waals surface area contributed by atoms with E-state index >= 15 is 0 Å². The maximum Gasteiger partial charge on any atom is 0.472 e. The Morgan fingerprint density at radius 3 is 0.988 bits per heavy atom. The van der Waals surface area contributed by atoms with Gasteiger partial charge in [-0.05, 0) is 89.9 Å². The molecular weight excluding hydrogens is 1090 g/mol. The van der Waals surface area contributed by atoms with Gasteiger partial charge in [-0.25, -0.2) is 4.57 Å². The van der Waals surface area contributed by atoms with E-state index in [2.05, 4.69) is 135 Å². The molecule has 494 valence electrons. The van der Waals surface area contributed by atoms with Crippen LogP contribution in [0.25, 0.3) is 0 Å². The Bertz CT molecular complexity index is 1870. The van der Waals surface area contributed by atoms with Crippen molar-refractivity contribution in [3.63, 3.8) is 0 Å². The third-order valence-corrected chi connectivity index (χ3v) is 16.0. The summed E-state index contributed by atoms with van der Waals surface area (Å²) < 4.78 is 34.7. The first-order chi connectivity index (χ1) is 42.0. The molecular formula is C76H133NO8P+. The summed E-state index contributed by atoms with van der Waals surface area (Å²) >= 11 is 0. The van der Waals surface area contributed by atoms with Crippen LogP contribution in [-0.4, -0.2) is 74.9 Å². The van der Waals surface area contributed by atoms with Crippen LogP contribution in [0, 0.1) is 0 Å².